The van der Waals surface area contributed by atoms with Gasteiger partial charge in [0.2, 0.25) is 0 Å². The Morgan fingerprint density at radius 2 is 2.40 bits per heavy atom. The van der Waals surface area contributed by atoms with Gasteiger partial charge in [0, 0.05) is 50.6 Å². The number of rotatable bonds is 5. The average molecular weight is 275 g/mol. The molecular formula is C14H21N5O. The van der Waals surface area contributed by atoms with E-state index in [4.69, 9.17) is 5.11 Å². The summed E-state index contributed by atoms with van der Waals surface area (Å²) in [5.74, 6) is 1.59. The Labute approximate surface area is 118 Å². The Balaban J connectivity index is 1.60. The van der Waals surface area contributed by atoms with Crippen LogP contribution in [0.4, 0.5) is 0 Å². The summed E-state index contributed by atoms with van der Waals surface area (Å²) in [6.45, 7) is 3.17. The van der Waals surface area contributed by atoms with Crippen LogP contribution in [0.1, 0.15) is 29.6 Å². The largest absolute Gasteiger partial charge is 0.396 e. The summed E-state index contributed by atoms with van der Waals surface area (Å²) in [6, 6.07) is 2.09. The zero-order valence-electron chi connectivity index (χ0n) is 11.8. The van der Waals surface area contributed by atoms with Crippen molar-refractivity contribution in [1.82, 2.24) is 24.6 Å². The van der Waals surface area contributed by atoms with Gasteiger partial charge in [0.25, 0.3) is 0 Å². The van der Waals surface area contributed by atoms with Gasteiger partial charge in [-0.15, -0.1) is 0 Å². The van der Waals surface area contributed by atoms with Crippen molar-refractivity contribution >= 4 is 0 Å². The van der Waals surface area contributed by atoms with Gasteiger partial charge in [-0.1, -0.05) is 0 Å². The number of aryl methyl sites for hydroxylation is 1. The van der Waals surface area contributed by atoms with Gasteiger partial charge in [0.15, 0.2) is 0 Å². The third-order valence-electron chi connectivity index (χ3n) is 4.01. The van der Waals surface area contributed by atoms with Crippen molar-refractivity contribution in [2.75, 3.05) is 19.7 Å². The summed E-state index contributed by atoms with van der Waals surface area (Å²) in [5.41, 5.74) is 2.14. The third kappa shape index (κ3) is 2.76. The van der Waals surface area contributed by atoms with Crippen molar-refractivity contribution < 1.29 is 5.11 Å². The summed E-state index contributed by atoms with van der Waals surface area (Å²) >= 11 is 0. The van der Waals surface area contributed by atoms with Crippen molar-refractivity contribution in [3.63, 3.8) is 0 Å². The summed E-state index contributed by atoms with van der Waals surface area (Å²) in [5, 5.41) is 16.3. The van der Waals surface area contributed by atoms with Crippen LogP contribution >= 0.6 is 0 Å². The molecule has 3 rings (SSSR count). The van der Waals surface area contributed by atoms with Gasteiger partial charge >= 0.3 is 0 Å². The molecule has 108 valence electrons. The SMILES string of the molecule is Cn1ccnc1CN1CC[C@@H](c2cc(CCO)[nH]n2)C1. The number of hydrogen-bond acceptors (Lipinski definition) is 4. The van der Waals surface area contributed by atoms with E-state index in [0.717, 1.165) is 43.3 Å². The van der Waals surface area contributed by atoms with Gasteiger partial charge in [-0.2, -0.15) is 5.10 Å². The van der Waals surface area contributed by atoms with Gasteiger partial charge in [-0.3, -0.25) is 10.00 Å². The van der Waals surface area contributed by atoms with E-state index < -0.39 is 0 Å². The lowest BCUT2D eigenvalue weighted by molar-refractivity contribution is 0.298. The van der Waals surface area contributed by atoms with Gasteiger partial charge < -0.3 is 9.67 Å². The van der Waals surface area contributed by atoms with Crippen molar-refractivity contribution in [3.05, 3.63) is 35.7 Å². The van der Waals surface area contributed by atoms with Crippen LogP contribution in [-0.4, -0.2) is 49.5 Å². The first-order valence-corrected chi connectivity index (χ1v) is 7.10. The fraction of sp³-hybridized carbons (Fsp3) is 0.571. The minimum atomic E-state index is 0.164. The zero-order chi connectivity index (χ0) is 13.9. The van der Waals surface area contributed by atoms with E-state index in [1.54, 1.807) is 0 Å². The van der Waals surface area contributed by atoms with E-state index >= 15 is 0 Å². The molecule has 1 fully saturated rings. The summed E-state index contributed by atoms with van der Waals surface area (Å²) in [4.78, 5) is 6.80. The number of nitrogens with one attached hydrogen (secondary N) is 1. The molecule has 0 spiro atoms. The minimum absolute atomic E-state index is 0.164. The highest BCUT2D eigenvalue weighted by Gasteiger charge is 2.26. The third-order valence-corrected chi connectivity index (χ3v) is 4.01. The van der Waals surface area contributed by atoms with Crippen LogP contribution in [0.3, 0.4) is 0 Å². The number of imidazole rings is 1. The van der Waals surface area contributed by atoms with Gasteiger partial charge in [0.05, 0.1) is 12.2 Å². The van der Waals surface area contributed by atoms with Gasteiger partial charge in [-0.25, -0.2) is 4.98 Å². The molecule has 0 unspecified atom stereocenters. The lowest BCUT2D eigenvalue weighted by Gasteiger charge is -2.14. The smallest absolute Gasteiger partial charge is 0.122 e. The molecule has 0 radical (unpaired) electrons. The molecule has 0 aliphatic carbocycles. The molecule has 0 bridgehead atoms. The molecule has 2 aromatic heterocycles. The summed E-state index contributed by atoms with van der Waals surface area (Å²) < 4.78 is 2.07. The molecule has 1 atom stereocenters. The fourth-order valence-corrected chi connectivity index (χ4v) is 2.80. The van der Waals surface area contributed by atoms with Gasteiger partial charge in [0.1, 0.15) is 5.82 Å². The molecule has 0 amide bonds. The van der Waals surface area contributed by atoms with E-state index in [1.165, 1.54) is 0 Å². The molecule has 1 aliphatic heterocycles. The molecule has 3 heterocycles. The Kier molecular flexibility index (Phi) is 3.84. The standard InChI is InChI=1S/C14H21N5O/c1-18-6-4-15-14(18)10-19-5-2-11(9-19)13-8-12(3-7-20)16-17-13/h4,6,8,11,20H,2-3,5,7,9-10H2,1H3,(H,16,17)/t11-/m1/s1. The van der Waals surface area contributed by atoms with Crippen LogP contribution in [0.5, 0.6) is 0 Å². The number of aromatic amines is 1. The molecule has 6 heteroatoms. The number of H-pyrrole nitrogens is 1. The maximum Gasteiger partial charge on any atom is 0.122 e. The number of aromatic nitrogens is 4. The number of aliphatic hydroxyl groups excluding tert-OH is 1. The minimum Gasteiger partial charge on any atom is -0.396 e. The molecule has 0 saturated carbocycles. The second kappa shape index (κ2) is 5.76. The van der Waals surface area contributed by atoms with Crippen molar-refractivity contribution in [2.45, 2.75) is 25.3 Å². The number of nitrogens with zero attached hydrogens (tertiary/aromatic N) is 4. The average Bonchev–Trinajstić information content (AvgIpc) is 3.13. The van der Waals surface area contributed by atoms with Crippen LogP contribution in [0, 0.1) is 0 Å². The van der Waals surface area contributed by atoms with Crippen LogP contribution in [-0.2, 0) is 20.0 Å². The number of aliphatic hydroxyl groups is 1. The number of hydrogen-bond donors (Lipinski definition) is 2. The number of likely N-dealkylation sites (tertiary alicyclic amines) is 1. The van der Waals surface area contributed by atoms with Crippen LogP contribution in [0.15, 0.2) is 18.5 Å². The Hall–Kier alpha value is -1.66. The van der Waals surface area contributed by atoms with Crippen molar-refractivity contribution in [1.29, 1.82) is 0 Å². The van der Waals surface area contributed by atoms with Crippen molar-refractivity contribution in [2.24, 2.45) is 7.05 Å². The predicted octanol–water partition coefficient (Wildman–Crippen LogP) is 0.667. The first-order chi connectivity index (χ1) is 9.76. The van der Waals surface area contributed by atoms with Gasteiger partial charge in [-0.05, 0) is 19.0 Å². The van der Waals surface area contributed by atoms with E-state index in [1.807, 2.05) is 19.4 Å². The second-order valence-electron chi connectivity index (χ2n) is 5.47. The fourth-order valence-electron chi connectivity index (χ4n) is 2.80. The van der Waals surface area contributed by atoms with Crippen LogP contribution < -0.4 is 0 Å². The molecule has 1 aliphatic rings. The highest BCUT2D eigenvalue weighted by atomic mass is 16.3. The maximum absolute atomic E-state index is 8.94. The van der Waals surface area contributed by atoms with E-state index in [9.17, 15) is 0 Å². The zero-order valence-corrected chi connectivity index (χ0v) is 11.8. The lowest BCUT2D eigenvalue weighted by Crippen LogP contribution is -2.21. The monoisotopic (exact) mass is 275 g/mol. The Morgan fingerprint density at radius 1 is 1.50 bits per heavy atom. The van der Waals surface area contributed by atoms with E-state index in [2.05, 4.69) is 30.7 Å². The lowest BCUT2D eigenvalue weighted by atomic mass is 10.0. The quantitative estimate of drug-likeness (QED) is 0.841. The molecule has 2 N–H and O–H groups in total. The van der Waals surface area contributed by atoms with E-state index in [0.29, 0.717) is 12.3 Å². The maximum atomic E-state index is 8.94. The topological polar surface area (TPSA) is 70.0 Å². The van der Waals surface area contributed by atoms with Crippen LogP contribution in [0.25, 0.3) is 0 Å². The summed E-state index contributed by atoms with van der Waals surface area (Å²) in [6.07, 6.45) is 5.61. The highest BCUT2D eigenvalue weighted by Crippen LogP contribution is 2.27. The molecular weight excluding hydrogens is 254 g/mol. The first-order valence-electron chi connectivity index (χ1n) is 7.10. The molecule has 20 heavy (non-hydrogen) atoms. The molecule has 0 aromatic carbocycles. The molecule has 2 aromatic rings. The van der Waals surface area contributed by atoms with Crippen LogP contribution in [0.2, 0.25) is 0 Å². The summed E-state index contributed by atoms with van der Waals surface area (Å²) in [7, 11) is 2.03. The Morgan fingerprint density at radius 3 is 3.15 bits per heavy atom. The highest BCUT2D eigenvalue weighted by molar-refractivity contribution is 5.15. The molecule has 6 nitrogen and oxygen atoms in total. The Bertz CT molecular complexity index is 561. The second-order valence-corrected chi connectivity index (χ2v) is 5.47. The molecule has 1 saturated heterocycles. The first kappa shape index (κ1) is 13.3. The van der Waals surface area contributed by atoms with E-state index in [-0.39, 0.29) is 6.61 Å². The normalized spacial score (nSPS) is 19.8. The predicted molar refractivity (Wildman–Crippen MR) is 75.2 cm³/mol. The van der Waals surface area contributed by atoms with Crippen molar-refractivity contribution in [3.8, 4) is 0 Å².